The lowest BCUT2D eigenvalue weighted by Gasteiger charge is -2.33. The molecule has 0 atom stereocenters. The van der Waals surface area contributed by atoms with Crippen molar-refractivity contribution in [2.75, 3.05) is 13.1 Å². The van der Waals surface area contributed by atoms with Crippen LogP contribution in [-0.2, 0) is 14.8 Å². The lowest BCUT2D eigenvalue weighted by Crippen LogP contribution is -2.44. The number of amides is 1. The summed E-state index contributed by atoms with van der Waals surface area (Å²) in [5, 5.41) is 3.74. The minimum absolute atomic E-state index is 0.00881. The molecule has 1 aliphatic carbocycles. The second-order valence-electron chi connectivity index (χ2n) is 8.10. The molecule has 1 aromatic rings. The number of hydrogen-bond donors (Lipinski definition) is 1. The Morgan fingerprint density at radius 2 is 1.72 bits per heavy atom. The van der Waals surface area contributed by atoms with E-state index in [9.17, 15) is 13.2 Å². The molecular formula is C21H26ClN3O3S. The van der Waals surface area contributed by atoms with Crippen LogP contribution in [0.15, 0.2) is 34.2 Å². The first-order valence-corrected chi connectivity index (χ1v) is 12.0. The first kappa shape index (κ1) is 20.4. The van der Waals surface area contributed by atoms with Crippen molar-refractivity contribution in [2.24, 2.45) is 10.3 Å². The molecule has 4 rings (SSSR count). The summed E-state index contributed by atoms with van der Waals surface area (Å²) in [6.07, 6.45) is 5.97. The van der Waals surface area contributed by atoms with Crippen molar-refractivity contribution in [3.05, 3.63) is 40.4 Å². The van der Waals surface area contributed by atoms with E-state index in [-0.39, 0.29) is 16.7 Å². The molecule has 2 aliphatic heterocycles. The van der Waals surface area contributed by atoms with Gasteiger partial charge in [-0.3, -0.25) is 4.79 Å². The Balaban J connectivity index is 1.45. The monoisotopic (exact) mass is 435 g/mol. The zero-order valence-corrected chi connectivity index (χ0v) is 18.1. The molecule has 3 aliphatic rings. The van der Waals surface area contributed by atoms with Crippen molar-refractivity contribution >= 4 is 38.3 Å². The first-order valence-electron chi connectivity index (χ1n) is 10.2. The number of sulfonamides is 1. The summed E-state index contributed by atoms with van der Waals surface area (Å²) in [7, 11) is -3.74. The Bertz CT molecular complexity index is 955. The zero-order chi connectivity index (χ0) is 20.6. The number of halogens is 1. The van der Waals surface area contributed by atoms with E-state index in [2.05, 4.69) is 9.71 Å². The number of likely N-dealkylation sites (tertiary alicyclic amines) is 1. The molecule has 8 heteroatoms. The van der Waals surface area contributed by atoms with Crippen LogP contribution >= 0.6 is 11.6 Å². The third-order valence-electron chi connectivity index (χ3n) is 6.11. The lowest BCUT2D eigenvalue weighted by molar-refractivity contribution is -0.126. The van der Waals surface area contributed by atoms with Gasteiger partial charge in [-0.05, 0) is 50.3 Å². The van der Waals surface area contributed by atoms with Gasteiger partial charge >= 0.3 is 0 Å². The summed E-state index contributed by atoms with van der Waals surface area (Å²) in [6.45, 7) is 3.05. The predicted molar refractivity (Wildman–Crippen MR) is 115 cm³/mol. The van der Waals surface area contributed by atoms with Gasteiger partial charge in [-0.2, -0.15) is 8.42 Å². The van der Waals surface area contributed by atoms with Crippen LogP contribution in [0.2, 0.25) is 5.02 Å². The van der Waals surface area contributed by atoms with Crippen molar-refractivity contribution in [1.82, 2.24) is 10.2 Å². The van der Waals surface area contributed by atoms with Gasteiger partial charge in [0.1, 0.15) is 10.7 Å². The van der Waals surface area contributed by atoms with Crippen LogP contribution in [0, 0.1) is 5.92 Å². The number of nitrogens with one attached hydrogen (secondary N) is 1. The number of nitrogens with zero attached hydrogens (tertiary/aromatic N) is 2. The quantitative estimate of drug-likeness (QED) is 0.786. The summed E-state index contributed by atoms with van der Waals surface area (Å²) >= 11 is 5.93. The minimum Gasteiger partial charge on any atom is -0.356 e. The lowest BCUT2D eigenvalue weighted by atomic mass is 9.94. The van der Waals surface area contributed by atoms with E-state index in [0.717, 1.165) is 12.8 Å². The maximum absolute atomic E-state index is 12.7. The molecule has 156 valence electrons. The molecule has 0 aromatic heterocycles. The molecular weight excluding hydrogens is 410 g/mol. The highest BCUT2D eigenvalue weighted by Gasteiger charge is 2.36. The van der Waals surface area contributed by atoms with Crippen LogP contribution in [0.4, 0.5) is 0 Å². The summed E-state index contributed by atoms with van der Waals surface area (Å²) in [4.78, 5) is 14.8. The Hall–Kier alpha value is -1.86. The molecule has 1 saturated carbocycles. The molecule has 0 spiro atoms. The van der Waals surface area contributed by atoms with Crippen molar-refractivity contribution in [2.45, 2.75) is 51.5 Å². The van der Waals surface area contributed by atoms with Gasteiger partial charge in [-0.25, -0.2) is 0 Å². The SMILES string of the molecule is CC1=C(c2ccc(Cl)cc2)S(=O)(=O)N=C1N1CCC(C(=O)NC2CCCC2)CC1. The fraction of sp³-hybridized carbons (Fsp3) is 0.524. The second-order valence-corrected chi connectivity index (χ2v) is 10.1. The molecule has 2 heterocycles. The normalized spacial score (nSPS) is 22.8. The Labute approximate surface area is 177 Å². The Morgan fingerprint density at radius 3 is 2.34 bits per heavy atom. The van der Waals surface area contributed by atoms with E-state index >= 15 is 0 Å². The molecule has 1 saturated heterocycles. The number of benzene rings is 1. The summed E-state index contributed by atoms with van der Waals surface area (Å²) in [5.74, 6) is 0.640. The third kappa shape index (κ3) is 4.21. The van der Waals surface area contributed by atoms with Gasteiger partial charge in [0.25, 0.3) is 10.0 Å². The van der Waals surface area contributed by atoms with Crippen LogP contribution in [0.5, 0.6) is 0 Å². The molecule has 1 aromatic carbocycles. The zero-order valence-electron chi connectivity index (χ0n) is 16.5. The maximum Gasteiger partial charge on any atom is 0.285 e. The van der Waals surface area contributed by atoms with Gasteiger partial charge in [0.2, 0.25) is 5.91 Å². The fourth-order valence-electron chi connectivity index (χ4n) is 4.53. The van der Waals surface area contributed by atoms with Crippen molar-refractivity contribution in [3.63, 3.8) is 0 Å². The molecule has 1 N–H and O–H groups in total. The van der Waals surface area contributed by atoms with Crippen LogP contribution in [-0.4, -0.2) is 44.2 Å². The van der Waals surface area contributed by atoms with E-state index in [4.69, 9.17) is 11.6 Å². The van der Waals surface area contributed by atoms with Gasteiger partial charge in [-0.1, -0.05) is 36.6 Å². The smallest absolute Gasteiger partial charge is 0.285 e. The van der Waals surface area contributed by atoms with Gasteiger partial charge in [0.15, 0.2) is 0 Å². The first-order chi connectivity index (χ1) is 13.8. The highest BCUT2D eigenvalue weighted by molar-refractivity contribution is 8.00. The average Bonchev–Trinajstić information content (AvgIpc) is 3.28. The van der Waals surface area contributed by atoms with Crippen molar-refractivity contribution < 1.29 is 13.2 Å². The number of amidine groups is 1. The molecule has 0 radical (unpaired) electrons. The summed E-state index contributed by atoms with van der Waals surface area (Å²) in [6, 6.07) is 7.10. The molecule has 0 unspecified atom stereocenters. The fourth-order valence-corrected chi connectivity index (χ4v) is 6.14. The van der Waals surface area contributed by atoms with Crippen LogP contribution in [0.1, 0.15) is 51.0 Å². The highest BCUT2D eigenvalue weighted by Crippen LogP contribution is 2.35. The second kappa shape index (κ2) is 8.11. The van der Waals surface area contributed by atoms with Crippen LogP contribution in [0.3, 0.4) is 0 Å². The van der Waals surface area contributed by atoms with Gasteiger partial charge in [0, 0.05) is 35.6 Å². The largest absolute Gasteiger partial charge is 0.356 e. The summed E-state index contributed by atoms with van der Waals surface area (Å²) in [5.41, 5.74) is 1.25. The van der Waals surface area contributed by atoms with Gasteiger partial charge < -0.3 is 10.2 Å². The van der Waals surface area contributed by atoms with E-state index < -0.39 is 10.0 Å². The number of piperidine rings is 1. The topological polar surface area (TPSA) is 78.8 Å². The van der Waals surface area contributed by atoms with Crippen molar-refractivity contribution in [3.8, 4) is 0 Å². The number of hydrogen-bond acceptors (Lipinski definition) is 4. The minimum atomic E-state index is -3.74. The third-order valence-corrected chi connectivity index (χ3v) is 7.84. The molecule has 6 nitrogen and oxygen atoms in total. The molecule has 0 bridgehead atoms. The summed E-state index contributed by atoms with van der Waals surface area (Å²) < 4.78 is 29.5. The van der Waals surface area contributed by atoms with Crippen LogP contribution < -0.4 is 5.32 Å². The molecule has 29 heavy (non-hydrogen) atoms. The predicted octanol–water partition coefficient (Wildman–Crippen LogP) is 3.58. The Morgan fingerprint density at radius 1 is 1.10 bits per heavy atom. The van der Waals surface area contributed by atoms with Gasteiger partial charge in [0.05, 0.1) is 0 Å². The van der Waals surface area contributed by atoms with Crippen molar-refractivity contribution in [1.29, 1.82) is 0 Å². The van der Waals surface area contributed by atoms with E-state index in [1.54, 1.807) is 31.2 Å². The molecule has 2 fully saturated rings. The average molecular weight is 436 g/mol. The number of rotatable bonds is 3. The van der Waals surface area contributed by atoms with E-state index in [1.807, 2.05) is 4.90 Å². The van der Waals surface area contributed by atoms with E-state index in [0.29, 0.717) is 54.0 Å². The standard InChI is InChI=1S/C21H26ClN3O3S/c1-14-19(15-6-8-17(22)9-7-15)29(27,28)24-20(14)25-12-10-16(11-13-25)21(26)23-18-4-2-3-5-18/h6-9,16,18H,2-5,10-13H2,1H3,(H,23,26). The highest BCUT2D eigenvalue weighted by atomic mass is 35.5. The number of carbonyl (C=O) groups excluding carboxylic acids is 1. The molecule has 1 amide bonds. The maximum atomic E-state index is 12.7. The number of carbonyl (C=O) groups is 1. The van der Waals surface area contributed by atoms with E-state index in [1.165, 1.54) is 12.8 Å². The van der Waals surface area contributed by atoms with Gasteiger partial charge in [-0.15, -0.1) is 4.40 Å². The van der Waals surface area contributed by atoms with Crippen LogP contribution in [0.25, 0.3) is 4.91 Å². The Kier molecular flexibility index (Phi) is 5.71.